The predicted octanol–water partition coefficient (Wildman–Crippen LogP) is 1.70. The summed E-state index contributed by atoms with van der Waals surface area (Å²) < 4.78 is 9.24. The lowest BCUT2D eigenvalue weighted by atomic mass is 10.2. The Hall–Kier alpha value is -3.21. The minimum atomic E-state index is 0.291. The number of nitrogens with zero attached hydrogens (tertiary/aromatic N) is 7. The van der Waals surface area contributed by atoms with Crippen LogP contribution in [0.2, 0.25) is 0 Å². The van der Waals surface area contributed by atoms with Crippen LogP contribution in [0.1, 0.15) is 29.6 Å². The molecule has 0 radical (unpaired) electrons. The third kappa shape index (κ3) is 3.41. The van der Waals surface area contributed by atoms with E-state index >= 15 is 0 Å². The van der Waals surface area contributed by atoms with Crippen LogP contribution in [-0.2, 0) is 19.7 Å². The second-order valence-corrected chi connectivity index (χ2v) is 5.27. The van der Waals surface area contributed by atoms with Gasteiger partial charge in [-0.2, -0.15) is 5.26 Å². The van der Waals surface area contributed by atoms with Gasteiger partial charge in [-0.05, 0) is 32.0 Å². The summed E-state index contributed by atoms with van der Waals surface area (Å²) in [5.74, 6) is 0.632. The lowest BCUT2D eigenvalue weighted by Gasteiger charge is -2.04. The number of benzene rings is 1. The van der Waals surface area contributed by atoms with Crippen LogP contribution in [-0.4, -0.2) is 30.0 Å². The molecule has 3 rings (SSSR count). The van der Waals surface area contributed by atoms with Crippen molar-refractivity contribution in [3.8, 4) is 11.8 Å². The molecule has 0 saturated carbocycles. The van der Waals surface area contributed by atoms with E-state index in [1.807, 2.05) is 24.7 Å². The molecule has 8 heteroatoms. The zero-order chi connectivity index (χ0) is 16.9. The van der Waals surface area contributed by atoms with Gasteiger partial charge in [0, 0.05) is 6.54 Å². The summed E-state index contributed by atoms with van der Waals surface area (Å²) >= 11 is 0. The predicted molar refractivity (Wildman–Crippen MR) is 85.0 cm³/mol. The highest BCUT2D eigenvalue weighted by atomic mass is 16.5. The van der Waals surface area contributed by atoms with Crippen LogP contribution in [0.5, 0.6) is 5.75 Å². The summed E-state index contributed by atoms with van der Waals surface area (Å²) in [7, 11) is 0. The first-order valence-electron chi connectivity index (χ1n) is 7.60. The molecule has 0 saturated heterocycles. The summed E-state index contributed by atoms with van der Waals surface area (Å²) in [5, 5.41) is 25.3. The van der Waals surface area contributed by atoms with Gasteiger partial charge in [0.05, 0.1) is 35.8 Å². The Kier molecular flexibility index (Phi) is 4.52. The van der Waals surface area contributed by atoms with Crippen molar-refractivity contribution < 1.29 is 4.74 Å². The van der Waals surface area contributed by atoms with E-state index in [-0.39, 0.29) is 0 Å². The van der Waals surface area contributed by atoms with Crippen molar-refractivity contribution in [3.63, 3.8) is 0 Å². The van der Waals surface area contributed by atoms with Gasteiger partial charge in [0.1, 0.15) is 18.1 Å². The number of aromatic nitrogens is 6. The molecule has 0 atom stereocenters. The van der Waals surface area contributed by atoms with Crippen molar-refractivity contribution in [2.24, 2.45) is 0 Å². The highest BCUT2D eigenvalue weighted by Crippen LogP contribution is 2.14. The van der Waals surface area contributed by atoms with Gasteiger partial charge in [-0.1, -0.05) is 16.5 Å². The van der Waals surface area contributed by atoms with E-state index < -0.39 is 0 Å². The molecule has 0 bridgehead atoms. The van der Waals surface area contributed by atoms with Gasteiger partial charge >= 0.3 is 0 Å². The first kappa shape index (κ1) is 15.7. The molecule has 24 heavy (non-hydrogen) atoms. The molecule has 2 aromatic heterocycles. The van der Waals surface area contributed by atoms with E-state index in [0.717, 1.165) is 17.9 Å². The Morgan fingerprint density at radius 1 is 1.25 bits per heavy atom. The molecule has 1 aromatic carbocycles. The van der Waals surface area contributed by atoms with E-state index in [1.54, 1.807) is 28.9 Å². The monoisotopic (exact) mass is 323 g/mol. The van der Waals surface area contributed by atoms with Crippen LogP contribution in [0.3, 0.4) is 0 Å². The SMILES string of the molecule is CCn1nnc(C)c1Cn1cc(COc2cccc(C#N)c2)nn1. The number of ether oxygens (including phenoxy) is 1. The smallest absolute Gasteiger partial charge is 0.134 e. The van der Waals surface area contributed by atoms with Crippen molar-refractivity contribution in [3.05, 3.63) is 53.1 Å². The van der Waals surface area contributed by atoms with Crippen LogP contribution >= 0.6 is 0 Å². The summed E-state index contributed by atoms with van der Waals surface area (Å²) in [6, 6.07) is 9.10. The van der Waals surface area contributed by atoms with Crippen molar-refractivity contribution in [1.29, 1.82) is 5.26 Å². The molecule has 0 N–H and O–H groups in total. The first-order valence-corrected chi connectivity index (χ1v) is 7.60. The highest BCUT2D eigenvalue weighted by molar-refractivity contribution is 5.36. The Morgan fingerprint density at radius 3 is 2.92 bits per heavy atom. The summed E-state index contributed by atoms with van der Waals surface area (Å²) in [4.78, 5) is 0. The molecule has 8 nitrogen and oxygen atoms in total. The molecule has 0 amide bonds. The number of aryl methyl sites for hydroxylation is 2. The zero-order valence-electron chi connectivity index (χ0n) is 13.5. The van der Waals surface area contributed by atoms with E-state index in [1.165, 1.54) is 0 Å². The lowest BCUT2D eigenvalue weighted by Crippen LogP contribution is -2.09. The summed E-state index contributed by atoms with van der Waals surface area (Å²) in [6.45, 7) is 5.56. The van der Waals surface area contributed by atoms with Gasteiger partial charge in [-0.25, -0.2) is 9.36 Å². The molecule has 0 fully saturated rings. The maximum absolute atomic E-state index is 8.89. The molecule has 0 aliphatic rings. The van der Waals surface area contributed by atoms with Gasteiger partial charge in [-0.15, -0.1) is 10.2 Å². The number of hydrogen-bond acceptors (Lipinski definition) is 6. The van der Waals surface area contributed by atoms with Crippen LogP contribution in [0, 0.1) is 18.3 Å². The van der Waals surface area contributed by atoms with Gasteiger partial charge in [0.25, 0.3) is 0 Å². The Labute approximate surface area is 139 Å². The van der Waals surface area contributed by atoms with Crippen molar-refractivity contribution in [2.45, 2.75) is 33.5 Å². The van der Waals surface area contributed by atoms with E-state index in [0.29, 0.717) is 30.2 Å². The third-order valence-electron chi connectivity index (χ3n) is 3.58. The highest BCUT2D eigenvalue weighted by Gasteiger charge is 2.10. The summed E-state index contributed by atoms with van der Waals surface area (Å²) in [5.41, 5.74) is 3.17. The van der Waals surface area contributed by atoms with E-state index in [4.69, 9.17) is 10.00 Å². The maximum Gasteiger partial charge on any atom is 0.134 e. The Morgan fingerprint density at radius 2 is 2.12 bits per heavy atom. The van der Waals surface area contributed by atoms with Crippen LogP contribution < -0.4 is 4.74 Å². The Balaban J connectivity index is 1.65. The molecular weight excluding hydrogens is 306 g/mol. The number of hydrogen-bond donors (Lipinski definition) is 0. The third-order valence-corrected chi connectivity index (χ3v) is 3.58. The normalized spacial score (nSPS) is 10.5. The van der Waals surface area contributed by atoms with Crippen molar-refractivity contribution in [2.75, 3.05) is 0 Å². The van der Waals surface area contributed by atoms with Crippen LogP contribution in [0.15, 0.2) is 30.5 Å². The molecule has 3 aromatic rings. The standard InChI is InChI=1S/C16H17N7O/c1-3-23-16(12(2)18-21-23)10-22-9-14(19-20-22)11-24-15-6-4-5-13(7-15)8-17/h4-7,9H,3,10-11H2,1-2H3. The van der Waals surface area contributed by atoms with Crippen molar-refractivity contribution >= 4 is 0 Å². The quantitative estimate of drug-likeness (QED) is 0.685. The van der Waals surface area contributed by atoms with E-state index in [2.05, 4.69) is 26.7 Å². The van der Waals surface area contributed by atoms with Crippen LogP contribution in [0.25, 0.3) is 0 Å². The molecule has 0 aliphatic carbocycles. The van der Waals surface area contributed by atoms with Gasteiger partial charge in [-0.3, -0.25) is 0 Å². The number of rotatable bonds is 6. The van der Waals surface area contributed by atoms with Crippen LogP contribution in [0.4, 0.5) is 0 Å². The minimum Gasteiger partial charge on any atom is -0.487 e. The molecule has 2 heterocycles. The van der Waals surface area contributed by atoms with Gasteiger partial charge < -0.3 is 4.74 Å². The zero-order valence-corrected chi connectivity index (χ0v) is 13.5. The second kappa shape index (κ2) is 6.91. The molecule has 0 spiro atoms. The molecule has 0 unspecified atom stereocenters. The van der Waals surface area contributed by atoms with E-state index in [9.17, 15) is 0 Å². The first-order chi connectivity index (χ1) is 11.7. The fraction of sp³-hybridized carbons (Fsp3) is 0.312. The lowest BCUT2D eigenvalue weighted by molar-refractivity contribution is 0.301. The van der Waals surface area contributed by atoms with Gasteiger partial charge in [0.2, 0.25) is 0 Å². The fourth-order valence-corrected chi connectivity index (χ4v) is 2.32. The molecule has 0 aliphatic heterocycles. The maximum atomic E-state index is 8.89. The number of nitriles is 1. The minimum absolute atomic E-state index is 0.291. The topological polar surface area (TPSA) is 94.4 Å². The average molecular weight is 323 g/mol. The summed E-state index contributed by atoms with van der Waals surface area (Å²) in [6.07, 6.45) is 1.83. The van der Waals surface area contributed by atoms with Crippen molar-refractivity contribution in [1.82, 2.24) is 30.0 Å². The fourth-order valence-electron chi connectivity index (χ4n) is 2.32. The molecule has 122 valence electrons. The second-order valence-electron chi connectivity index (χ2n) is 5.27. The largest absolute Gasteiger partial charge is 0.487 e. The molecular formula is C16H17N7O. The van der Waals surface area contributed by atoms with Gasteiger partial charge in [0.15, 0.2) is 0 Å². The Bertz CT molecular complexity index is 875. The average Bonchev–Trinajstić information content (AvgIpc) is 3.20.